The van der Waals surface area contributed by atoms with Crippen LogP contribution in [0.2, 0.25) is 5.15 Å². The SMILES string of the molecule is COc1cc(CNCc2c(C)nn(Cc3ccc(F)cc3)c2Cl)cc(OC)c1OC. The van der Waals surface area contributed by atoms with Crippen molar-refractivity contribution in [3.05, 3.63) is 69.8 Å². The van der Waals surface area contributed by atoms with Crippen molar-refractivity contribution in [1.82, 2.24) is 15.1 Å². The molecule has 3 aromatic rings. The van der Waals surface area contributed by atoms with Gasteiger partial charge in [0.25, 0.3) is 0 Å². The van der Waals surface area contributed by atoms with Crippen LogP contribution in [0.5, 0.6) is 17.2 Å². The molecule has 1 heterocycles. The Balaban J connectivity index is 1.69. The molecule has 30 heavy (non-hydrogen) atoms. The Kier molecular flexibility index (Phi) is 7.18. The lowest BCUT2D eigenvalue weighted by Gasteiger charge is -2.14. The van der Waals surface area contributed by atoms with Gasteiger partial charge in [-0.3, -0.25) is 0 Å². The van der Waals surface area contributed by atoms with E-state index in [2.05, 4.69) is 10.4 Å². The number of ether oxygens (including phenoxy) is 3. The van der Waals surface area contributed by atoms with E-state index in [-0.39, 0.29) is 5.82 Å². The van der Waals surface area contributed by atoms with Crippen LogP contribution in [-0.2, 0) is 19.6 Å². The van der Waals surface area contributed by atoms with Gasteiger partial charge in [0.1, 0.15) is 11.0 Å². The van der Waals surface area contributed by atoms with Gasteiger partial charge < -0.3 is 19.5 Å². The number of methoxy groups -OCH3 is 3. The van der Waals surface area contributed by atoms with Crippen molar-refractivity contribution >= 4 is 11.6 Å². The monoisotopic (exact) mass is 433 g/mol. The molecule has 0 radical (unpaired) electrons. The maximum Gasteiger partial charge on any atom is 0.203 e. The summed E-state index contributed by atoms with van der Waals surface area (Å²) in [6.45, 7) is 3.52. The van der Waals surface area contributed by atoms with E-state index >= 15 is 0 Å². The molecule has 0 saturated heterocycles. The summed E-state index contributed by atoms with van der Waals surface area (Å²) in [7, 11) is 4.76. The first-order valence-electron chi connectivity index (χ1n) is 9.42. The molecule has 160 valence electrons. The summed E-state index contributed by atoms with van der Waals surface area (Å²) in [5.74, 6) is 1.51. The molecule has 0 atom stereocenters. The first kappa shape index (κ1) is 21.9. The molecule has 3 rings (SSSR count). The largest absolute Gasteiger partial charge is 0.493 e. The van der Waals surface area contributed by atoms with Gasteiger partial charge in [0.15, 0.2) is 11.5 Å². The fourth-order valence-corrected chi connectivity index (χ4v) is 3.53. The predicted molar refractivity (Wildman–Crippen MR) is 114 cm³/mol. The Bertz CT molecular complexity index is 981. The highest BCUT2D eigenvalue weighted by molar-refractivity contribution is 6.30. The third-order valence-electron chi connectivity index (χ3n) is 4.78. The average Bonchev–Trinajstić information content (AvgIpc) is 3.01. The summed E-state index contributed by atoms with van der Waals surface area (Å²) in [4.78, 5) is 0. The summed E-state index contributed by atoms with van der Waals surface area (Å²) in [6.07, 6.45) is 0. The molecule has 1 N–H and O–H groups in total. The maximum absolute atomic E-state index is 13.1. The van der Waals surface area contributed by atoms with Gasteiger partial charge in [0.05, 0.1) is 33.6 Å². The van der Waals surface area contributed by atoms with Crippen LogP contribution >= 0.6 is 11.6 Å². The highest BCUT2D eigenvalue weighted by atomic mass is 35.5. The van der Waals surface area contributed by atoms with Gasteiger partial charge in [-0.05, 0) is 42.3 Å². The Labute approximate surface area is 180 Å². The number of halogens is 2. The number of rotatable bonds is 9. The lowest BCUT2D eigenvalue weighted by molar-refractivity contribution is 0.323. The number of aryl methyl sites for hydroxylation is 1. The lowest BCUT2D eigenvalue weighted by Crippen LogP contribution is -2.14. The minimum Gasteiger partial charge on any atom is -0.493 e. The van der Waals surface area contributed by atoms with Crippen LogP contribution in [0.4, 0.5) is 4.39 Å². The number of nitrogens with one attached hydrogen (secondary N) is 1. The Morgan fingerprint density at radius 2 is 1.60 bits per heavy atom. The van der Waals surface area contributed by atoms with E-state index in [1.165, 1.54) is 12.1 Å². The third-order valence-corrected chi connectivity index (χ3v) is 5.21. The summed E-state index contributed by atoms with van der Waals surface area (Å²) >= 11 is 6.56. The van der Waals surface area contributed by atoms with Gasteiger partial charge in [-0.15, -0.1) is 0 Å². The first-order valence-corrected chi connectivity index (χ1v) is 9.80. The highest BCUT2D eigenvalue weighted by Crippen LogP contribution is 2.38. The van der Waals surface area contributed by atoms with E-state index in [0.29, 0.717) is 42.0 Å². The second-order valence-electron chi connectivity index (χ2n) is 6.78. The molecule has 0 aliphatic carbocycles. The molecule has 0 spiro atoms. The molecule has 0 bridgehead atoms. The van der Waals surface area contributed by atoms with E-state index in [4.69, 9.17) is 25.8 Å². The number of nitrogens with zero attached hydrogens (tertiary/aromatic N) is 2. The molecule has 0 saturated carbocycles. The number of hydrogen-bond donors (Lipinski definition) is 1. The fraction of sp³-hybridized carbons (Fsp3) is 0.318. The molecule has 0 fully saturated rings. The zero-order valence-corrected chi connectivity index (χ0v) is 18.2. The Morgan fingerprint density at radius 3 is 2.17 bits per heavy atom. The number of benzene rings is 2. The zero-order chi connectivity index (χ0) is 21.7. The molecule has 1 aromatic heterocycles. The Hall–Kier alpha value is -2.77. The van der Waals surface area contributed by atoms with Crippen molar-refractivity contribution in [2.75, 3.05) is 21.3 Å². The van der Waals surface area contributed by atoms with E-state index in [1.807, 2.05) is 19.1 Å². The summed E-state index contributed by atoms with van der Waals surface area (Å²) < 4.78 is 31.0. The molecule has 0 unspecified atom stereocenters. The van der Waals surface area contributed by atoms with E-state index < -0.39 is 0 Å². The van der Waals surface area contributed by atoms with Crippen molar-refractivity contribution in [2.24, 2.45) is 0 Å². The van der Waals surface area contributed by atoms with Gasteiger partial charge in [-0.25, -0.2) is 9.07 Å². The van der Waals surface area contributed by atoms with Crippen LogP contribution in [0.1, 0.15) is 22.4 Å². The molecule has 0 aliphatic heterocycles. The van der Waals surface area contributed by atoms with Crippen LogP contribution in [0.3, 0.4) is 0 Å². The molecular formula is C22H25ClFN3O3. The second kappa shape index (κ2) is 9.82. The van der Waals surface area contributed by atoms with Crippen LogP contribution in [0.15, 0.2) is 36.4 Å². The normalized spacial score (nSPS) is 10.9. The predicted octanol–water partition coefficient (Wildman–Crippen LogP) is 4.35. The maximum atomic E-state index is 13.1. The zero-order valence-electron chi connectivity index (χ0n) is 17.5. The van der Waals surface area contributed by atoms with Crippen LogP contribution in [0.25, 0.3) is 0 Å². The van der Waals surface area contributed by atoms with Crippen LogP contribution in [-0.4, -0.2) is 31.1 Å². The summed E-state index contributed by atoms with van der Waals surface area (Å²) in [6, 6.07) is 10.1. The van der Waals surface area contributed by atoms with Gasteiger partial charge in [-0.2, -0.15) is 5.10 Å². The van der Waals surface area contributed by atoms with Crippen molar-refractivity contribution < 1.29 is 18.6 Å². The summed E-state index contributed by atoms with van der Waals surface area (Å²) in [5, 5.41) is 8.47. The molecule has 0 amide bonds. The fourth-order valence-electron chi connectivity index (χ4n) is 3.23. The minimum atomic E-state index is -0.266. The molecular weight excluding hydrogens is 409 g/mol. The van der Waals surface area contributed by atoms with E-state index in [1.54, 1.807) is 38.1 Å². The molecule has 2 aromatic carbocycles. The summed E-state index contributed by atoms with van der Waals surface area (Å²) in [5.41, 5.74) is 3.68. The highest BCUT2D eigenvalue weighted by Gasteiger charge is 2.15. The van der Waals surface area contributed by atoms with Gasteiger partial charge in [0.2, 0.25) is 5.75 Å². The van der Waals surface area contributed by atoms with Crippen molar-refractivity contribution in [3.63, 3.8) is 0 Å². The van der Waals surface area contributed by atoms with Gasteiger partial charge >= 0.3 is 0 Å². The van der Waals surface area contributed by atoms with Crippen LogP contribution in [0, 0.1) is 12.7 Å². The molecule has 6 nitrogen and oxygen atoms in total. The van der Waals surface area contributed by atoms with Crippen molar-refractivity contribution in [2.45, 2.75) is 26.6 Å². The first-order chi connectivity index (χ1) is 14.5. The topological polar surface area (TPSA) is 57.5 Å². The standard InChI is InChI=1S/C22H25ClFN3O3/c1-14-18(22(23)27(26-14)13-15-5-7-17(24)8-6-15)12-25-11-16-9-19(28-2)21(30-4)20(10-16)29-3/h5-10,25H,11-13H2,1-4H3. The van der Waals surface area contributed by atoms with Crippen molar-refractivity contribution in [1.29, 1.82) is 0 Å². The van der Waals surface area contributed by atoms with Gasteiger partial charge in [-0.1, -0.05) is 23.7 Å². The minimum absolute atomic E-state index is 0.266. The van der Waals surface area contributed by atoms with E-state index in [9.17, 15) is 4.39 Å². The number of hydrogen-bond acceptors (Lipinski definition) is 5. The Morgan fingerprint density at radius 1 is 0.967 bits per heavy atom. The number of aromatic nitrogens is 2. The van der Waals surface area contributed by atoms with Crippen LogP contribution < -0.4 is 19.5 Å². The smallest absolute Gasteiger partial charge is 0.203 e. The molecule has 8 heteroatoms. The van der Waals surface area contributed by atoms with Crippen molar-refractivity contribution in [3.8, 4) is 17.2 Å². The van der Waals surface area contributed by atoms with E-state index in [0.717, 1.165) is 22.4 Å². The van der Waals surface area contributed by atoms with Gasteiger partial charge in [0, 0.05) is 18.7 Å². The lowest BCUT2D eigenvalue weighted by atomic mass is 10.1. The average molecular weight is 434 g/mol. The second-order valence-corrected chi connectivity index (χ2v) is 7.13. The third kappa shape index (κ3) is 4.86. The quantitative estimate of drug-likeness (QED) is 0.543. The molecule has 0 aliphatic rings.